The molecule has 1 saturated heterocycles. The summed E-state index contributed by atoms with van der Waals surface area (Å²) in [5.74, 6) is -4.17. The molecule has 1 fully saturated rings. The third-order valence-corrected chi connectivity index (χ3v) is 5.56. The Bertz CT molecular complexity index is 909. The van der Waals surface area contributed by atoms with E-state index in [1.165, 1.54) is 12.1 Å². The Morgan fingerprint density at radius 1 is 0.862 bits per heavy atom. The minimum Gasteiger partial charge on any atom is -0.352 e. The maximum absolute atomic E-state index is 14.7. The van der Waals surface area contributed by atoms with Crippen molar-refractivity contribution in [1.29, 1.82) is 0 Å². The summed E-state index contributed by atoms with van der Waals surface area (Å²) in [6.07, 6.45) is 4.31. The summed E-state index contributed by atoms with van der Waals surface area (Å²) < 4.78 is 66.3. The Hall–Kier alpha value is -2.18. The van der Waals surface area contributed by atoms with Gasteiger partial charge in [0, 0.05) is 17.4 Å². The largest absolute Gasteiger partial charge is 0.352 e. The predicted molar refractivity (Wildman–Crippen MR) is 102 cm³/mol. The lowest BCUT2D eigenvalue weighted by molar-refractivity contribution is -0.222. The van der Waals surface area contributed by atoms with Gasteiger partial charge in [0.2, 0.25) is 0 Å². The standard InChI is InChI=1S/C23H22F4O2/c1-13-11-28-23(29-12-13)15-4-2-14(3-5-15)16-6-7-18(19(24)8-16)17-9-20(25)22(27)21(26)10-17/h2,6-10,13,15,23H,3-5,11-12H2,1H3. The molecule has 2 aromatic rings. The van der Waals surface area contributed by atoms with Crippen LogP contribution in [0.1, 0.15) is 31.7 Å². The topological polar surface area (TPSA) is 18.5 Å². The molecule has 29 heavy (non-hydrogen) atoms. The molecule has 0 aromatic heterocycles. The summed E-state index contributed by atoms with van der Waals surface area (Å²) in [5, 5.41) is 0. The average molecular weight is 406 g/mol. The molecule has 0 saturated carbocycles. The Morgan fingerprint density at radius 2 is 1.52 bits per heavy atom. The number of rotatable bonds is 3. The Labute approximate surface area is 167 Å². The first-order chi connectivity index (χ1) is 13.9. The summed E-state index contributed by atoms with van der Waals surface area (Å²) in [6.45, 7) is 3.49. The molecule has 0 amide bonds. The Balaban J connectivity index is 1.50. The van der Waals surface area contributed by atoms with Gasteiger partial charge in [-0.2, -0.15) is 0 Å². The third kappa shape index (κ3) is 4.23. The lowest BCUT2D eigenvalue weighted by atomic mass is 9.85. The van der Waals surface area contributed by atoms with E-state index < -0.39 is 23.3 Å². The molecule has 1 aliphatic carbocycles. The predicted octanol–water partition coefficient (Wildman–Crippen LogP) is 6.10. The molecule has 2 aromatic carbocycles. The van der Waals surface area contributed by atoms with Crippen LogP contribution in [0.25, 0.3) is 16.7 Å². The average Bonchev–Trinajstić information content (AvgIpc) is 2.72. The molecule has 0 N–H and O–H groups in total. The van der Waals surface area contributed by atoms with Crippen LogP contribution in [0, 0.1) is 35.1 Å². The van der Waals surface area contributed by atoms with Crippen LogP contribution in [0.4, 0.5) is 17.6 Å². The molecule has 1 aliphatic heterocycles. The van der Waals surface area contributed by atoms with E-state index in [1.807, 2.05) is 0 Å². The second kappa shape index (κ2) is 8.28. The summed E-state index contributed by atoms with van der Waals surface area (Å²) in [5.41, 5.74) is 1.74. The van der Waals surface area contributed by atoms with Gasteiger partial charge < -0.3 is 9.47 Å². The maximum Gasteiger partial charge on any atom is 0.194 e. The molecular formula is C23H22F4O2. The SMILES string of the molecule is CC1COC(C2CC=C(c3ccc(-c4cc(F)c(F)c(F)c4)c(F)c3)CC2)OC1. The third-order valence-electron chi connectivity index (χ3n) is 5.56. The first-order valence-corrected chi connectivity index (χ1v) is 9.79. The fraction of sp³-hybridized carbons (Fsp3) is 0.391. The fourth-order valence-corrected chi connectivity index (χ4v) is 3.91. The van der Waals surface area contributed by atoms with Gasteiger partial charge >= 0.3 is 0 Å². The van der Waals surface area contributed by atoms with Crippen molar-refractivity contribution in [3.63, 3.8) is 0 Å². The lowest BCUT2D eigenvalue weighted by Crippen LogP contribution is -2.36. The molecule has 2 aliphatic rings. The fourth-order valence-electron chi connectivity index (χ4n) is 3.91. The van der Waals surface area contributed by atoms with Gasteiger partial charge in [-0.3, -0.25) is 0 Å². The second-order valence-electron chi connectivity index (χ2n) is 7.85. The van der Waals surface area contributed by atoms with Gasteiger partial charge in [-0.25, -0.2) is 17.6 Å². The first-order valence-electron chi connectivity index (χ1n) is 9.79. The smallest absolute Gasteiger partial charge is 0.194 e. The Morgan fingerprint density at radius 3 is 2.10 bits per heavy atom. The highest BCUT2D eigenvalue weighted by molar-refractivity contribution is 5.71. The number of hydrogen-bond donors (Lipinski definition) is 0. The normalized spacial score (nSPS) is 25.0. The van der Waals surface area contributed by atoms with Crippen LogP contribution in [0.3, 0.4) is 0 Å². The van der Waals surface area contributed by atoms with Gasteiger partial charge in [-0.15, -0.1) is 0 Å². The number of hydrogen-bond acceptors (Lipinski definition) is 2. The van der Waals surface area contributed by atoms with Crippen molar-refractivity contribution in [2.45, 2.75) is 32.5 Å². The van der Waals surface area contributed by atoms with E-state index in [1.54, 1.807) is 6.07 Å². The van der Waals surface area contributed by atoms with Crippen molar-refractivity contribution >= 4 is 5.57 Å². The molecule has 0 radical (unpaired) electrons. The Kier molecular flexibility index (Phi) is 5.74. The van der Waals surface area contributed by atoms with E-state index in [-0.39, 0.29) is 23.3 Å². The molecule has 6 heteroatoms. The zero-order valence-corrected chi connectivity index (χ0v) is 16.1. The minimum absolute atomic E-state index is 0.0268. The van der Waals surface area contributed by atoms with Crippen LogP contribution in [-0.2, 0) is 9.47 Å². The molecule has 1 heterocycles. The van der Waals surface area contributed by atoms with E-state index in [9.17, 15) is 17.6 Å². The van der Waals surface area contributed by atoms with Gasteiger partial charge in [-0.1, -0.05) is 25.1 Å². The maximum atomic E-state index is 14.7. The van der Waals surface area contributed by atoms with Gasteiger partial charge in [0.1, 0.15) is 5.82 Å². The molecule has 1 unspecified atom stereocenters. The van der Waals surface area contributed by atoms with Gasteiger partial charge in [0.25, 0.3) is 0 Å². The molecule has 0 spiro atoms. The summed E-state index contributed by atoms with van der Waals surface area (Å²) >= 11 is 0. The van der Waals surface area contributed by atoms with Crippen molar-refractivity contribution in [1.82, 2.24) is 0 Å². The molecule has 0 bridgehead atoms. The quantitative estimate of drug-likeness (QED) is 0.453. The lowest BCUT2D eigenvalue weighted by Gasteiger charge is -2.34. The highest BCUT2D eigenvalue weighted by Crippen LogP contribution is 2.36. The van der Waals surface area contributed by atoms with Crippen LogP contribution in [0.15, 0.2) is 36.4 Å². The molecule has 1 atom stereocenters. The highest BCUT2D eigenvalue weighted by Gasteiger charge is 2.29. The van der Waals surface area contributed by atoms with Crippen molar-refractivity contribution in [2.24, 2.45) is 11.8 Å². The molecule has 2 nitrogen and oxygen atoms in total. The zero-order valence-electron chi connectivity index (χ0n) is 16.1. The first kappa shape index (κ1) is 20.1. The van der Waals surface area contributed by atoms with Crippen LogP contribution in [-0.4, -0.2) is 19.5 Å². The van der Waals surface area contributed by atoms with E-state index in [4.69, 9.17) is 9.47 Å². The van der Waals surface area contributed by atoms with E-state index in [2.05, 4.69) is 13.0 Å². The monoisotopic (exact) mass is 406 g/mol. The molecule has 4 rings (SSSR count). The molecule has 154 valence electrons. The second-order valence-corrected chi connectivity index (χ2v) is 7.85. The van der Waals surface area contributed by atoms with Crippen LogP contribution in [0.2, 0.25) is 0 Å². The minimum atomic E-state index is -1.56. The van der Waals surface area contributed by atoms with E-state index in [0.717, 1.165) is 42.5 Å². The number of halogens is 4. The molecular weight excluding hydrogens is 384 g/mol. The zero-order chi connectivity index (χ0) is 20.5. The summed E-state index contributed by atoms with van der Waals surface area (Å²) in [4.78, 5) is 0. The van der Waals surface area contributed by atoms with Crippen molar-refractivity contribution < 1.29 is 27.0 Å². The van der Waals surface area contributed by atoms with Gasteiger partial charge in [0.05, 0.1) is 13.2 Å². The van der Waals surface area contributed by atoms with Crippen LogP contribution in [0.5, 0.6) is 0 Å². The number of ether oxygens (including phenoxy) is 2. The highest BCUT2D eigenvalue weighted by atomic mass is 19.2. The van der Waals surface area contributed by atoms with E-state index in [0.29, 0.717) is 19.1 Å². The van der Waals surface area contributed by atoms with Crippen LogP contribution < -0.4 is 0 Å². The van der Waals surface area contributed by atoms with Gasteiger partial charge in [0.15, 0.2) is 23.7 Å². The summed E-state index contributed by atoms with van der Waals surface area (Å²) in [7, 11) is 0. The van der Waals surface area contributed by atoms with Crippen LogP contribution >= 0.6 is 0 Å². The summed E-state index contributed by atoms with van der Waals surface area (Å²) in [6, 6.07) is 6.14. The van der Waals surface area contributed by atoms with Gasteiger partial charge in [-0.05, 0) is 54.2 Å². The number of benzene rings is 2. The van der Waals surface area contributed by atoms with Crippen molar-refractivity contribution in [3.8, 4) is 11.1 Å². The number of allylic oxidation sites excluding steroid dienone is 2. The van der Waals surface area contributed by atoms with Crippen molar-refractivity contribution in [2.75, 3.05) is 13.2 Å². The van der Waals surface area contributed by atoms with Crippen molar-refractivity contribution in [3.05, 3.63) is 65.2 Å². The van der Waals surface area contributed by atoms with E-state index >= 15 is 0 Å².